The van der Waals surface area contributed by atoms with Crippen molar-refractivity contribution in [3.63, 3.8) is 0 Å². The molecule has 1 rings (SSSR count). The van der Waals surface area contributed by atoms with E-state index in [-0.39, 0.29) is 0 Å². The Morgan fingerprint density at radius 1 is 1.62 bits per heavy atom. The van der Waals surface area contributed by atoms with E-state index in [0.29, 0.717) is 0 Å². The van der Waals surface area contributed by atoms with E-state index in [9.17, 15) is 4.39 Å². The molecular formula is C6H5FO. The van der Waals surface area contributed by atoms with Crippen LogP contribution in [0.5, 0.6) is 5.75 Å². The zero-order chi connectivity index (χ0) is 10.2. The molecule has 0 fully saturated rings. The quantitative estimate of drug-likeness (QED) is 0.591. The number of phenols is 1. The Labute approximate surface area is 53.5 Å². The molecule has 1 aromatic rings. The van der Waals surface area contributed by atoms with E-state index in [1.165, 1.54) is 0 Å². The average Bonchev–Trinajstić information content (AvgIpc) is 2.13. The average molecular weight is 117 g/mol. The van der Waals surface area contributed by atoms with Crippen molar-refractivity contribution in [3.05, 3.63) is 30.0 Å². The molecule has 1 aromatic carbocycles. The zero-order valence-corrected chi connectivity index (χ0v) is 3.79. The van der Waals surface area contributed by atoms with Gasteiger partial charge in [-0.2, -0.15) is 0 Å². The number of halogens is 1. The van der Waals surface area contributed by atoms with E-state index >= 15 is 0 Å². The first-order valence-electron chi connectivity index (χ1n) is 4.30. The fourth-order valence-electron chi connectivity index (χ4n) is 0.286. The summed E-state index contributed by atoms with van der Waals surface area (Å²) in [5.74, 6) is -2.04. The Morgan fingerprint density at radius 3 is 3.12 bits per heavy atom. The molecule has 0 aliphatic heterocycles. The summed E-state index contributed by atoms with van der Waals surface area (Å²) in [6, 6.07) is -2.81. The summed E-state index contributed by atoms with van der Waals surface area (Å²) >= 11 is 0. The van der Waals surface area contributed by atoms with Gasteiger partial charge in [-0.1, -0.05) is 12.1 Å². The summed E-state index contributed by atoms with van der Waals surface area (Å²) in [6.45, 7) is 0. The summed E-state index contributed by atoms with van der Waals surface area (Å²) in [7, 11) is 0. The molecule has 1 nitrogen and oxygen atoms in total. The largest absolute Gasteiger partial charge is 0.505 e. The van der Waals surface area contributed by atoms with Gasteiger partial charge in [0.2, 0.25) is 0 Å². The molecule has 42 valence electrons. The maximum absolute atomic E-state index is 12.9. The van der Waals surface area contributed by atoms with Gasteiger partial charge in [-0.3, -0.25) is 0 Å². The summed E-state index contributed by atoms with van der Waals surface area (Å²) in [4.78, 5) is 0. The summed E-state index contributed by atoms with van der Waals surface area (Å²) < 4.78 is 47.6. The number of rotatable bonds is 1. The topological polar surface area (TPSA) is 20.2 Å². The summed E-state index contributed by atoms with van der Waals surface area (Å²) in [5.41, 5.74) is 0. The highest BCUT2D eigenvalue weighted by atomic mass is 19.1. The molecule has 8 heavy (non-hydrogen) atoms. The SMILES string of the molecule is [2H]Oc1c([2H])c([2H])c([2H])c([2H])c1F. The molecule has 0 saturated heterocycles. The minimum atomic E-state index is -1.25. The molecule has 0 bridgehead atoms. The summed E-state index contributed by atoms with van der Waals surface area (Å²) in [6.07, 6.45) is 0. The lowest BCUT2D eigenvalue weighted by molar-refractivity contribution is 0.432. The van der Waals surface area contributed by atoms with Crippen LogP contribution in [0.2, 0.25) is 0 Å². The fraction of sp³-hybridized carbons (Fsp3) is 0. The van der Waals surface area contributed by atoms with E-state index in [1.54, 1.807) is 0 Å². The minimum Gasteiger partial charge on any atom is -0.505 e. The molecule has 0 atom stereocenters. The number of phenolic OH excluding ortho intramolecular Hbond substituents is 1. The van der Waals surface area contributed by atoms with E-state index in [4.69, 9.17) is 6.91 Å². The highest BCUT2D eigenvalue weighted by molar-refractivity contribution is 5.21. The Hall–Kier alpha value is -1.05. The fourth-order valence-corrected chi connectivity index (χ4v) is 0.286. The van der Waals surface area contributed by atoms with E-state index in [1.807, 2.05) is 0 Å². The third-order valence-corrected chi connectivity index (χ3v) is 0.610. The molecule has 0 saturated carbocycles. The maximum atomic E-state index is 12.9. The van der Waals surface area contributed by atoms with Crippen LogP contribution in [0.4, 0.5) is 4.39 Å². The molecule has 0 aliphatic carbocycles. The van der Waals surface area contributed by atoms with Crippen LogP contribution < -0.4 is 0 Å². The van der Waals surface area contributed by atoms with Crippen molar-refractivity contribution in [1.29, 1.82) is 1.43 Å². The van der Waals surface area contributed by atoms with Crippen molar-refractivity contribution in [2.24, 2.45) is 0 Å². The first kappa shape index (κ1) is 1.72. The Balaban J connectivity index is 3.56. The van der Waals surface area contributed by atoms with Crippen molar-refractivity contribution in [3.8, 4) is 5.75 Å². The highest BCUT2D eigenvalue weighted by Gasteiger charge is 1.91. The van der Waals surface area contributed by atoms with Gasteiger partial charge >= 0.3 is 0 Å². The number of benzene rings is 1. The van der Waals surface area contributed by atoms with Crippen molar-refractivity contribution >= 4 is 0 Å². The Kier molecular flexibility index (Phi) is 0.392. The second kappa shape index (κ2) is 1.82. The second-order valence-electron chi connectivity index (χ2n) is 1.14. The monoisotopic (exact) mass is 117 g/mol. The normalized spacial score (nSPS) is 17.4. The summed E-state index contributed by atoms with van der Waals surface area (Å²) in [5, 5.41) is 3.76. The van der Waals surface area contributed by atoms with Crippen LogP contribution in [-0.2, 0) is 0 Å². The molecule has 1 N–H and O–H groups in total. The van der Waals surface area contributed by atoms with Gasteiger partial charge in [0.1, 0.15) is 0 Å². The Morgan fingerprint density at radius 2 is 2.38 bits per heavy atom. The molecule has 0 radical (unpaired) electrons. The zero-order valence-electron chi connectivity index (χ0n) is 8.79. The third-order valence-electron chi connectivity index (χ3n) is 0.610. The third kappa shape index (κ3) is 0.780. The molecule has 0 amide bonds. The van der Waals surface area contributed by atoms with Crippen molar-refractivity contribution < 1.29 is 15.0 Å². The van der Waals surface area contributed by atoms with Crippen LogP contribution in [0.1, 0.15) is 5.48 Å². The molecule has 0 heterocycles. The predicted molar refractivity (Wildman–Crippen MR) is 28.1 cm³/mol. The van der Waals surface area contributed by atoms with Gasteiger partial charge in [-0.25, -0.2) is 4.39 Å². The van der Waals surface area contributed by atoms with Crippen LogP contribution in [0.3, 0.4) is 0 Å². The predicted octanol–water partition coefficient (Wildman–Crippen LogP) is 1.53. The van der Waals surface area contributed by atoms with Gasteiger partial charge in [0.05, 0.1) is 5.48 Å². The van der Waals surface area contributed by atoms with Gasteiger partial charge in [0.15, 0.2) is 11.6 Å². The van der Waals surface area contributed by atoms with Crippen LogP contribution in [0.15, 0.2) is 24.2 Å². The van der Waals surface area contributed by atoms with Crippen molar-refractivity contribution in [2.45, 2.75) is 0 Å². The van der Waals surface area contributed by atoms with Crippen LogP contribution >= 0.6 is 0 Å². The Bertz CT molecular complexity index is 324. The van der Waals surface area contributed by atoms with E-state index in [2.05, 4.69) is 5.11 Å². The minimum absolute atomic E-state index is 0.617. The molecule has 0 aromatic heterocycles. The van der Waals surface area contributed by atoms with Gasteiger partial charge < -0.3 is 5.11 Å². The molecule has 0 spiro atoms. The van der Waals surface area contributed by atoms with Crippen LogP contribution in [0.25, 0.3) is 0 Å². The number of hydrogen-bond donors (Lipinski definition) is 1. The number of para-hydroxylation sites is 1. The molecule has 2 heteroatoms. The van der Waals surface area contributed by atoms with E-state index < -0.39 is 35.7 Å². The lowest BCUT2D eigenvalue weighted by Gasteiger charge is -1.88. The number of aromatic hydroxyl groups is 1. The first-order chi connectivity index (χ1) is 6.00. The lowest BCUT2D eigenvalue weighted by atomic mass is 10.3. The molecule has 0 unspecified atom stereocenters. The lowest BCUT2D eigenvalue weighted by Crippen LogP contribution is -1.70. The van der Waals surface area contributed by atoms with Crippen molar-refractivity contribution in [1.82, 2.24) is 0 Å². The highest BCUT2D eigenvalue weighted by Crippen LogP contribution is 2.11. The van der Waals surface area contributed by atoms with Crippen LogP contribution in [0, 0.1) is 5.82 Å². The van der Waals surface area contributed by atoms with Gasteiger partial charge in [0.25, 0.3) is 1.43 Å². The van der Waals surface area contributed by atoms with E-state index in [0.717, 1.165) is 0 Å². The standard InChI is InChI=1S/C6H5FO/c7-5-3-1-2-4-6(5)8/h1-4,8H/i1D,2D,3D,4D/hD. The number of hydrogen-bond acceptors (Lipinski definition) is 1. The van der Waals surface area contributed by atoms with Gasteiger partial charge in [-0.15, -0.1) is 0 Å². The van der Waals surface area contributed by atoms with Crippen LogP contribution in [-0.4, -0.2) is 6.54 Å². The van der Waals surface area contributed by atoms with Gasteiger partial charge in [0, 0.05) is 0 Å². The molecule has 0 aliphatic rings. The second-order valence-corrected chi connectivity index (χ2v) is 1.14. The smallest absolute Gasteiger partial charge is 0.293 e. The maximum Gasteiger partial charge on any atom is 0.293 e. The van der Waals surface area contributed by atoms with Crippen molar-refractivity contribution in [2.75, 3.05) is 0 Å². The first-order valence-corrected chi connectivity index (χ1v) is 1.89. The van der Waals surface area contributed by atoms with Gasteiger partial charge in [-0.05, 0) is 12.1 Å². The molecular weight excluding hydrogens is 107 g/mol.